The Morgan fingerprint density at radius 3 is 1.41 bits per heavy atom. The number of carbonyl (C=O) groups is 2. The zero-order valence-electron chi connectivity index (χ0n) is 31.2. The zero-order chi connectivity index (χ0) is 34.1. The smallest absolute Gasteiger partial charge is 0.362 e. The van der Waals surface area contributed by atoms with E-state index in [9.17, 15) is 9.59 Å². The van der Waals surface area contributed by atoms with Gasteiger partial charge < -0.3 is 32.7 Å². The predicted octanol–water partition coefficient (Wildman–Crippen LogP) is 5.20. The molecule has 2 aliphatic carbocycles. The summed E-state index contributed by atoms with van der Waals surface area (Å²) in [6.07, 6.45) is 6.74. The maximum atomic E-state index is 12.9. The normalized spacial score (nSPS) is 28.6. The van der Waals surface area contributed by atoms with Gasteiger partial charge in [-0.2, -0.15) is 0 Å². The number of likely N-dealkylation sites (N-methyl/N-ethyl adjacent to an activating group) is 2. The molecular formula is C37H70N2O7+2. The fourth-order valence-corrected chi connectivity index (χ4v) is 7.57. The van der Waals surface area contributed by atoms with Crippen LogP contribution < -0.4 is 0 Å². The van der Waals surface area contributed by atoms with Crippen LogP contribution in [0.15, 0.2) is 0 Å². The second-order valence-electron chi connectivity index (χ2n) is 17.4. The van der Waals surface area contributed by atoms with Crippen molar-refractivity contribution in [2.24, 2.45) is 40.9 Å². The van der Waals surface area contributed by atoms with Crippen molar-refractivity contribution in [2.45, 2.75) is 92.3 Å². The Hall–Kier alpha value is -1.26. The fourth-order valence-electron chi connectivity index (χ4n) is 7.57. The van der Waals surface area contributed by atoms with Gasteiger partial charge in [-0.15, -0.1) is 0 Å². The SMILES string of the molecule is CC1CCC(C(C)C)C(OC(=O)C[N+](C)(C)CCOCC2(COCC[N+](C)(C)CC(=O)OC3CC(C)CCC3C(C)C)COC2)C1. The third-order valence-electron chi connectivity index (χ3n) is 10.9. The summed E-state index contributed by atoms with van der Waals surface area (Å²) in [5, 5.41) is 0. The largest absolute Gasteiger partial charge is 0.458 e. The van der Waals surface area contributed by atoms with Gasteiger partial charge in [-0.25, -0.2) is 9.59 Å². The molecule has 0 aromatic heterocycles. The summed E-state index contributed by atoms with van der Waals surface area (Å²) < 4.78 is 31.0. The molecule has 9 heteroatoms. The van der Waals surface area contributed by atoms with Gasteiger partial charge in [-0.1, -0.05) is 54.4 Å². The Morgan fingerprint density at radius 2 is 1.09 bits per heavy atom. The zero-order valence-corrected chi connectivity index (χ0v) is 31.2. The molecule has 0 amide bonds. The van der Waals surface area contributed by atoms with Gasteiger partial charge in [-0.3, -0.25) is 0 Å². The molecule has 6 unspecified atom stereocenters. The van der Waals surface area contributed by atoms with E-state index in [1.807, 2.05) is 0 Å². The van der Waals surface area contributed by atoms with E-state index in [0.29, 0.717) is 97.2 Å². The van der Waals surface area contributed by atoms with E-state index in [1.54, 1.807) is 0 Å². The van der Waals surface area contributed by atoms with Gasteiger partial charge in [0, 0.05) is 0 Å². The monoisotopic (exact) mass is 655 g/mol. The fraction of sp³-hybridized carbons (Fsp3) is 0.946. The van der Waals surface area contributed by atoms with E-state index in [4.69, 9.17) is 23.7 Å². The van der Waals surface area contributed by atoms with E-state index in [2.05, 4.69) is 69.7 Å². The van der Waals surface area contributed by atoms with E-state index in [1.165, 1.54) is 12.8 Å². The number of nitrogens with zero attached hydrogens (tertiary/aromatic N) is 2. The Balaban J connectivity index is 1.33. The van der Waals surface area contributed by atoms with E-state index in [0.717, 1.165) is 38.8 Å². The van der Waals surface area contributed by atoms with Crippen molar-refractivity contribution in [3.8, 4) is 0 Å². The van der Waals surface area contributed by atoms with Crippen LogP contribution in [-0.2, 0) is 33.3 Å². The minimum absolute atomic E-state index is 0.0344. The molecule has 3 aliphatic rings. The van der Waals surface area contributed by atoms with Crippen LogP contribution in [0.25, 0.3) is 0 Å². The van der Waals surface area contributed by atoms with Crippen LogP contribution in [0.3, 0.4) is 0 Å². The molecule has 0 radical (unpaired) electrons. The molecule has 0 N–H and O–H groups in total. The summed E-state index contributed by atoms with van der Waals surface area (Å²) in [7, 11) is 8.25. The second kappa shape index (κ2) is 17.4. The summed E-state index contributed by atoms with van der Waals surface area (Å²) in [6.45, 7) is 19.1. The molecule has 2 saturated carbocycles. The first-order valence-corrected chi connectivity index (χ1v) is 18.3. The number of esters is 2. The molecule has 1 aliphatic heterocycles. The lowest BCUT2D eigenvalue weighted by molar-refractivity contribution is -0.883. The summed E-state index contributed by atoms with van der Waals surface area (Å²) in [5.74, 6) is 2.96. The predicted molar refractivity (Wildman–Crippen MR) is 181 cm³/mol. The molecule has 46 heavy (non-hydrogen) atoms. The molecular weight excluding hydrogens is 584 g/mol. The number of ether oxygens (including phenoxy) is 5. The van der Waals surface area contributed by atoms with Gasteiger partial charge in [0.25, 0.3) is 0 Å². The summed E-state index contributed by atoms with van der Waals surface area (Å²) >= 11 is 0. The summed E-state index contributed by atoms with van der Waals surface area (Å²) in [4.78, 5) is 25.9. The molecule has 6 atom stereocenters. The highest BCUT2D eigenvalue weighted by atomic mass is 16.6. The first kappa shape index (κ1) is 39.2. The number of quaternary nitrogens is 2. The minimum atomic E-state index is -0.140. The van der Waals surface area contributed by atoms with Crippen LogP contribution in [0.2, 0.25) is 0 Å². The van der Waals surface area contributed by atoms with E-state index < -0.39 is 0 Å². The Bertz CT molecular complexity index is 878. The highest BCUT2D eigenvalue weighted by molar-refractivity contribution is 5.71. The quantitative estimate of drug-likeness (QED) is 0.114. The molecule has 1 heterocycles. The van der Waals surface area contributed by atoms with E-state index >= 15 is 0 Å². The molecule has 0 bridgehead atoms. The molecule has 9 nitrogen and oxygen atoms in total. The van der Waals surface area contributed by atoms with Crippen molar-refractivity contribution < 1.29 is 42.2 Å². The molecule has 3 rings (SSSR count). The summed E-state index contributed by atoms with van der Waals surface area (Å²) in [6, 6.07) is 0. The van der Waals surface area contributed by atoms with Crippen molar-refractivity contribution in [1.82, 2.24) is 0 Å². The van der Waals surface area contributed by atoms with Crippen LogP contribution in [0.4, 0.5) is 0 Å². The maximum absolute atomic E-state index is 12.9. The first-order chi connectivity index (χ1) is 21.5. The van der Waals surface area contributed by atoms with Crippen LogP contribution in [0.5, 0.6) is 0 Å². The molecule has 0 spiro atoms. The Labute approximate surface area is 281 Å². The standard InChI is InChI=1S/C37H70N2O7/c1-27(2)31-13-11-29(5)19-33(31)45-35(40)21-38(7,8)15-17-42-23-37(25-44-26-37)24-43-18-16-39(9,10)22-36(41)46-34-20-30(6)12-14-32(34)28(3)4/h27-34H,11-26H2,1-10H3/q+2. The lowest BCUT2D eigenvalue weighted by atomic mass is 9.75. The first-order valence-electron chi connectivity index (χ1n) is 18.3. The molecule has 0 aromatic rings. The van der Waals surface area contributed by atoms with Crippen molar-refractivity contribution in [3.63, 3.8) is 0 Å². The van der Waals surface area contributed by atoms with Crippen LogP contribution in [-0.4, -0.2) is 127 Å². The van der Waals surface area contributed by atoms with Gasteiger partial charge in [0.15, 0.2) is 13.1 Å². The number of rotatable bonds is 18. The highest BCUT2D eigenvalue weighted by Crippen LogP contribution is 2.36. The van der Waals surface area contributed by atoms with Crippen molar-refractivity contribution in [1.29, 1.82) is 0 Å². The van der Waals surface area contributed by atoms with Crippen molar-refractivity contribution >= 4 is 11.9 Å². The Kier molecular flexibility index (Phi) is 14.8. The third-order valence-corrected chi connectivity index (χ3v) is 10.9. The van der Waals surface area contributed by atoms with Gasteiger partial charge in [0.05, 0.1) is 73.2 Å². The number of hydrogen-bond acceptors (Lipinski definition) is 7. The second-order valence-corrected chi connectivity index (χ2v) is 17.4. The highest BCUT2D eigenvalue weighted by Gasteiger charge is 2.40. The molecule has 0 aromatic carbocycles. The van der Waals surface area contributed by atoms with Gasteiger partial charge >= 0.3 is 11.9 Å². The van der Waals surface area contributed by atoms with Crippen molar-refractivity contribution in [3.05, 3.63) is 0 Å². The number of carbonyl (C=O) groups excluding carboxylic acids is 2. The van der Waals surface area contributed by atoms with Gasteiger partial charge in [0.2, 0.25) is 0 Å². The molecule has 3 fully saturated rings. The molecule has 268 valence electrons. The average molecular weight is 655 g/mol. The average Bonchev–Trinajstić information content (AvgIpc) is 2.90. The van der Waals surface area contributed by atoms with Gasteiger partial charge in [0.1, 0.15) is 25.3 Å². The number of hydrogen-bond donors (Lipinski definition) is 0. The third kappa shape index (κ3) is 12.6. The lowest BCUT2D eigenvalue weighted by Gasteiger charge is -2.41. The van der Waals surface area contributed by atoms with Gasteiger partial charge in [-0.05, 0) is 61.2 Å². The molecule has 1 saturated heterocycles. The summed E-state index contributed by atoms with van der Waals surface area (Å²) in [5.41, 5.74) is -0.140. The van der Waals surface area contributed by atoms with Crippen LogP contribution >= 0.6 is 0 Å². The lowest BCUT2D eigenvalue weighted by Crippen LogP contribution is -2.52. The maximum Gasteiger partial charge on any atom is 0.362 e. The van der Waals surface area contributed by atoms with E-state index in [-0.39, 0.29) is 29.6 Å². The topological polar surface area (TPSA) is 80.3 Å². The minimum Gasteiger partial charge on any atom is -0.458 e. The van der Waals surface area contributed by atoms with Crippen LogP contribution in [0, 0.1) is 40.9 Å². The van der Waals surface area contributed by atoms with Crippen LogP contribution in [0.1, 0.15) is 80.1 Å². The Morgan fingerprint density at radius 1 is 0.696 bits per heavy atom. The van der Waals surface area contributed by atoms with Crippen molar-refractivity contribution in [2.75, 3.05) is 94.0 Å².